The van der Waals surface area contributed by atoms with Crippen LogP contribution < -0.4 is 10.5 Å². The molecule has 1 atom stereocenters. The molecule has 0 bridgehead atoms. The summed E-state index contributed by atoms with van der Waals surface area (Å²) in [6, 6.07) is 9.60. The molecule has 0 fully saturated rings. The summed E-state index contributed by atoms with van der Waals surface area (Å²) in [5, 5.41) is 0. The first-order chi connectivity index (χ1) is 9.18. The summed E-state index contributed by atoms with van der Waals surface area (Å²) >= 11 is 0. The van der Waals surface area contributed by atoms with Gasteiger partial charge in [-0.05, 0) is 18.4 Å². The van der Waals surface area contributed by atoms with Gasteiger partial charge in [-0.25, -0.2) is 4.21 Å². The third-order valence-corrected chi connectivity index (χ3v) is 5.21. The summed E-state index contributed by atoms with van der Waals surface area (Å²) in [5.41, 5.74) is 7.05. The Hall–Kier alpha value is -0.960. The summed E-state index contributed by atoms with van der Waals surface area (Å²) in [6.45, 7) is 0.176. The summed E-state index contributed by atoms with van der Waals surface area (Å²) in [4.78, 5) is 0. The van der Waals surface area contributed by atoms with E-state index in [1.54, 1.807) is 0 Å². The molecule has 0 aromatic heterocycles. The Morgan fingerprint density at radius 1 is 1.20 bits per heavy atom. The highest BCUT2D eigenvalue weighted by molar-refractivity contribution is 8.01. The summed E-state index contributed by atoms with van der Waals surface area (Å²) < 4.78 is 39.9. The highest BCUT2D eigenvalue weighted by atomic mass is 32.3. The molecule has 8 heteroatoms. The van der Waals surface area contributed by atoms with Gasteiger partial charge in [0.25, 0.3) is 0 Å². The van der Waals surface area contributed by atoms with Gasteiger partial charge in [-0.15, -0.1) is 0 Å². The molecule has 1 aromatic carbocycles. The molecule has 0 saturated carbocycles. The van der Waals surface area contributed by atoms with Crippen LogP contribution in [0.5, 0.6) is 0 Å². The van der Waals surface area contributed by atoms with Crippen molar-refractivity contribution in [1.29, 1.82) is 0 Å². The molecule has 0 aliphatic heterocycles. The van der Waals surface area contributed by atoms with Crippen LogP contribution in [-0.2, 0) is 26.4 Å². The Morgan fingerprint density at radius 2 is 1.80 bits per heavy atom. The Kier molecular flexibility index (Phi) is 6.12. The van der Waals surface area contributed by atoms with Crippen molar-refractivity contribution in [2.45, 2.75) is 18.9 Å². The second-order valence-electron chi connectivity index (χ2n) is 4.86. The molecule has 0 radical (unpaired) electrons. The SMILES string of the molecule is CS(C)(=O)=NS(=O)(=O)NCCC(N)Cc1ccccc1. The normalized spacial score (nSPS) is 13.9. The molecule has 0 saturated heterocycles. The van der Waals surface area contributed by atoms with Crippen LogP contribution in [0.4, 0.5) is 0 Å². The van der Waals surface area contributed by atoms with Gasteiger partial charge in [0.2, 0.25) is 0 Å². The second-order valence-corrected chi connectivity index (χ2v) is 9.06. The smallest absolute Gasteiger partial charge is 0.327 e. The molecule has 1 aromatic rings. The van der Waals surface area contributed by atoms with Crippen molar-refractivity contribution >= 4 is 19.9 Å². The van der Waals surface area contributed by atoms with Gasteiger partial charge in [-0.2, -0.15) is 13.1 Å². The Labute approximate surface area is 121 Å². The molecule has 1 rings (SSSR count). The van der Waals surface area contributed by atoms with Crippen molar-refractivity contribution in [2.24, 2.45) is 9.50 Å². The van der Waals surface area contributed by atoms with E-state index in [1.165, 1.54) is 12.5 Å². The zero-order chi connectivity index (χ0) is 15.2. The zero-order valence-corrected chi connectivity index (χ0v) is 13.3. The lowest BCUT2D eigenvalue weighted by atomic mass is 10.0. The van der Waals surface area contributed by atoms with Crippen LogP contribution in [0.3, 0.4) is 0 Å². The second kappa shape index (κ2) is 7.16. The topological polar surface area (TPSA) is 102 Å². The van der Waals surface area contributed by atoms with E-state index < -0.39 is 19.9 Å². The van der Waals surface area contributed by atoms with Crippen LogP contribution in [0.25, 0.3) is 0 Å². The van der Waals surface area contributed by atoms with Gasteiger partial charge < -0.3 is 5.73 Å². The first kappa shape index (κ1) is 17.1. The van der Waals surface area contributed by atoms with Crippen LogP contribution >= 0.6 is 0 Å². The van der Waals surface area contributed by atoms with E-state index in [-0.39, 0.29) is 12.6 Å². The highest BCUT2D eigenvalue weighted by Gasteiger charge is 2.11. The maximum Gasteiger partial charge on any atom is 0.327 e. The molecule has 6 nitrogen and oxygen atoms in total. The van der Waals surface area contributed by atoms with Crippen LogP contribution in [-0.4, -0.2) is 37.7 Å². The van der Waals surface area contributed by atoms with Gasteiger partial charge in [0.05, 0.1) is 9.73 Å². The van der Waals surface area contributed by atoms with Gasteiger partial charge in [0.15, 0.2) is 0 Å². The largest absolute Gasteiger partial charge is 0.327 e. The van der Waals surface area contributed by atoms with E-state index in [4.69, 9.17) is 5.73 Å². The fourth-order valence-electron chi connectivity index (χ4n) is 1.65. The van der Waals surface area contributed by atoms with Crippen LogP contribution in [0.1, 0.15) is 12.0 Å². The van der Waals surface area contributed by atoms with E-state index in [1.807, 2.05) is 30.3 Å². The molecule has 3 N–H and O–H groups in total. The standard InChI is InChI=1S/C12H21N3O3S2/c1-19(2,16)15-20(17,18)14-9-8-12(13)10-11-6-4-3-5-7-11/h3-7,12,14H,8-10,13H2,1-2H3. The van der Waals surface area contributed by atoms with Crippen molar-refractivity contribution in [3.05, 3.63) is 35.9 Å². The monoisotopic (exact) mass is 319 g/mol. The number of nitrogens with zero attached hydrogens (tertiary/aromatic N) is 1. The summed E-state index contributed by atoms with van der Waals surface area (Å²) in [7, 11) is -6.55. The maximum absolute atomic E-state index is 11.5. The summed E-state index contributed by atoms with van der Waals surface area (Å²) in [6.07, 6.45) is 3.71. The van der Waals surface area contributed by atoms with E-state index in [9.17, 15) is 12.6 Å². The number of nitrogens with two attached hydrogens (primary N) is 1. The number of hydrogen-bond donors (Lipinski definition) is 2. The molecule has 0 heterocycles. The van der Waals surface area contributed by atoms with Gasteiger partial charge in [0.1, 0.15) is 0 Å². The predicted octanol–water partition coefficient (Wildman–Crippen LogP) is 0.509. The van der Waals surface area contributed by atoms with Gasteiger partial charge in [0, 0.05) is 25.1 Å². The third kappa shape index (κ3) is 7.59. The maximum atomic E-state index is 11.5. The van der Waals surface area contributed by atoms with Crippen LogP contribution in [0.15, 0.2) is 34.1 Å². The van der Waals surface area contributed by atoms with E-state index >= 15 is 0 Å². The lowest BCUT2D eigenvalue weighted by Crippen LogP contribution is -2.31. The molecule has 0 aliphatic rings. The molecule has 114 valence electrons. The van der Waals surface area contributed by atoms with Crippen LogP contribution in [0, 0.1) is 0 Å². The van der Waals surface area contributed by atoms with E-state index in [2.05, 4.69) is 8.49 Å². The minimum Gasteiger partial charge on any atom is -0.327 e. The van der Waals surface area contributed by atoms with Crippen molar-refractivity contribution in [3.63, 3.8) is 0 Å². The third-order valence-electron chi connectivity index (χ3n) is 2.42. The first-order valence-corrected chi connectivity index (χ1v) is 9.92. The summed E-state index contributed by atoms with van der Waals surface area (Å²) in [5.74, 6) is 0. The average Bonchev–Trinajstić information content (AvgIpc) is 2.26. The highest BCUT2D eigenvalue weighted by Crippen LogP contribution is 2.04. The number of hydrogen-bond acceptors (Lipinski definition) is 4. The average molecular weight is 319 g/mol. The minimum atomic E-state index is -3.86. The Bertz CT molecular complexity index is 627. The van der Waals surface area contributed by atoms with Crippen molar-refractivity contribution in [3.8, 4) is 0 Å². The van der Waals surface area contributed by atoms with E-state index in [0.29, 0.717) is 12.8 Å². The fourth-order valence-corrected chi connectivity index (χ4v) is 4.13. The molecule has 20 heavy (non-hydrogen) atoms. The molecule has 0 amide bonds. The number of nitrogens with one attached hydrogen (secondary N) is 1. The van der Waals surface area contributed by atoms with Crippen molar-refractivity contribution < 1.29 is 12.6 Å². The number of benzene rings is 1. The van der Waals surface area contributed by atoms with Crippen molar-refractivity contribution in [2.75, 3.05) is 19.1 Å². The Balaban J connectivity index is 2.43. The molecule has 1 unspecified atom stereocenters. The van der Waals surface area contributed by atoms with E-state index in [0.717, 1.165) is 5.56 Å². The first-order valence-electron chi connectivity index (χ1n) is 6.15. The molecular formula is C12H21N3O3S2. The lowest BCUT2D eigenvalue weighted by molar-refractivity contribution is 0.564. The van der Waals surface area contributed by atoms with Crippen molar-refractivity contribution in [1.82, 2.24) is 4.72 Å². The zero-order valence-electron chi connectivity index (χ0n) is 11.7. The van der Waals surface area contributed by atoms with Gasteiger partial charge in [-0.3, -0.25) is 0 Å². The van der Waals surface area contributed by atoms with Gasteiger partial charge in [-0.1, -0.05) is 34.1 Å². The molecule has 0 spiro atoms. The van der Waals surface area contributed by atoms with Gasteiger partial charge >= 0.3 is 10.2 Å². The molecular weight excluding hydrogens is 298 g/mol. The fraction of sp³-hybridized carbons (Fsp3) is 0.500. The lowest BCUT2D eigenvalue weighted by Gasteiger charge is -2.11. The number of rotatable bonds is 7. The molecule has 0 aliphatic carbocycles. The minimum absolute atomic E-state index is 0.146. The predicted molar refractivity (Wildman–Crippen MR) is 82.1 cm³/mol. The Morgan fingerprint density at radius 3 is 2.35 bits per heavy atom. The van der Waals surface area contributed by atoms with Crippen LogP contribution in [0.2, 0.25) is 0 Å². The quantitative estimate of drug-likeness (QED) is 0.764.